The van der Waals surface area contributed by atoms with Crippen molar-refractivity contribution in [3.8, 4) is 0 Å². The molecule has 3 N–H and O–H groups in total. The van der Waals surface area contributed by atoms with Crippen molar-refractivity contribution >= 4 is 17.5 Å². The smallest absolute Gasteiger partial charge is 0.319 e. The highest BCUT2D eigenvalue weighted by molar-refractivity contribution is 5.90. The molecular weight excluding hydrogens is 350 g/mol. The molecule has 2 aromatic rings. The fraction of sp³-hybridized carbons (Fsp3) is 0.400. The van der Waals surface area contributed by atoms with Crippen LogP contribution in [-0.2, 0) is 18.8 Å². The van der Waals surface area contributed by atoms with E-state index < -0.39 is 12.0 Å². The highest BCUT2D eigenvalue weighted by Gasteiger charge is 2.27. The molecule has 2 heterocycles. The van der Waals surface area contributed by atoms with E-state index in [2.05, 4.69) is 27.0 Å². The van der Waals surface area contributed by atoms with Crippen LogP contribution in [0, 0.1) is 6.92 Å². The molecule has 0 fully saturated rings. The Hall–Kier alpha value is -2.70. The predicted octanol–water partition coefficient (Wildman–Crippen LogP) is 4.22. The Balaban J connectivity index is 1.55. The average Bonchev–Trinajstić information content (AvgIpc) is 2.62. The second-order valence-corrected chi connectivity index (χ2v) is 6.84. The number of alkyl halides is 2. The summed E-state index contributed by atoms with van der Waals surface area (Å²) in [5.41, 5.74) is 2.77. The molecule has 0 aliphatic carbocycles. The van der Waals surface area contributed by atoms with Crippen molar-refractivity contribution < 1.29 is 13.6 Å². The standard InChI is InChI=1S/C20H24F2N4O/c1-13-16(20(2,21)22)6-3-7-17(13)26-19(27)24-12-10-15-9-8-14-5-4-11-23-18(14)25-15/h3,6-9H,4-5,10-12H2,1-2H3,(H,23,25)(H2,24,26,27). The molecule has 3 rings (SSSR count). The molecule has 0 radical (unpaired) electrons. The fourth-order valence-electron chi connectivity index (χ4n) is 3.23. The summed E-state index contributed by atoms with van der Waals surface area (Å²) in [6.45, 7) is 3.76. The first-order valence-corrected chi connectivity index (χ1v) is 9.10. The molecule has 0 saturated heterocycles. The fourth-order valence-corrected chi connectivity index (χ4v) is 3.23. The van der Waals surface area contributed by atoms with Crippen LogP contribution in [0.5, 0.6) is 0 Å². The Morgan fingerprint density at radius 1 is 1.30 bits per heavy atom. The maximum Gasteiger partial charge on any atom is 0.319 e. The molecule has 0 unspecified atom stereocenters. The van der Waals surface area contributed by atoms with Gasteiger partial charge in [-0.1, -0.05) is 18.2 Å². The van der Waals surface area contributed by atoms with E-state index in [1.807, 2.05) is 6.07 Å². The molecule has 7 heteroatoms. The third kappa shape index (κ3) is 4.72. The Kier molecular flexibility index (Phi) is 5.58. The van der Waals surface area contributed by atoms with E-state index in [0.29, 0.717) is 24.2 Å². The van der Waals surface area contributed by atoms with Gasteiger partial charge >= 0.3 is 6.03 Å². The Bertz CT molecular complexity index is 833. The molecule has 0 bridgehead atoms. The summed E-state index contributed by atoms with van der Waals surface area (Å²) >= 11 is 0. The van der Waals surface area contributed by atoms with Crippen LogP contribution in [0.1, 0.15) is 35.7 Å². The summed E-state index contributed by atoms with van der Waals surface area (Å²) < 4.78 is 27.2. The topological polar surface area (TPSA) is 66.0 Å². The molecule has 144 valence electrons. The Morgan fingerprint density at radius 2 is 2.11 bits per heavy atom. The first-order valence-electron chi connectivity index (χ1n) is 9.10. The molecule has 1 aromatic heterocycles. The summed E-state index contributed by atoms with van der Waals surface area (Å²) in [6.07, 6.45) is 2.74. The highest BCUT2D eigenvalue weighted by atomic mass is 19.3. The minimum atomic E-state index is -2.95. The van der Waals surface area contributed by atoms with Crippen LogP contribution < -0.4 is 16.0 Å². The zero-order chi connectivity index (χ0) is 19.4. The molecule has 0 saturated carbocycles. The third-order valence-electron chi connectivity index (χ3n) is 4.67. The number of fused-ring (bicyclic) bond motifs is 1. The summed E-state index contributed by atoms with van der Waals surface area (Å²) in [5, 5.41) is 8.68. The Morgan fingerprint density at radius 3 is 2.89 bits per heavy atom. The van der Waals surface area contributed by atoms with E-state index in [0.717, 1.165) is 37.8 Å². The second kappa shape index (κ2) is 7.90. The maximum atomic E-state index is 13.6. The first-order chi connectivity index (χ1) is 12.8. The molecule has 27 heavy (non-hydrogen) atoms. The number of rotatable bonds is 5. The quantitative estimate of drug-likeness (QED) is 0.734. The lowest BCUT2D eigenvalue weighted by atomic mass is 10.0. The van der Waals surface area contributed by atoms with Gasteiger partial charge in [-0.05, 0) is 43.0 Å². The molecule has 2 amide bonds. The summed E-state index contributed by atoms with van der Waals surface area (Å²) in [5.74, 6) is -2.03. The first kappa shape index (κ1) is 19.1. The Labute approximate surface area is 157 Å². The molecule has 0 atom stereocenters. The van der Waals surface area contributed by atoms with Gasteiger partial charge in [0.1, 0.15) is 5.82 Å². The number of hydrogen-bond acceptors (Lipinski definition) is 3. The highest BCUT2D eigenvalue weighted by Crippen LogP contribution is 2.32. The minimum Gasteiger partial charge on any atom is -0.370 e. The van der Waals surface area contributed by atoms with Crippen LogP contribution in [0.25, 0.3) is 0 Å². The van der Waals surface area contributed by atoms with Crippen molar-refractivity contribution in [3.63, 3.8) is 0 Å². The van der Waals surface area contributed by atoms with Crippen LogP contribution in [0.4, 0.5) is 25.1 Å². The van der Waals surface area contributed by atoms with Gasteiger partial charge in [-0.3, -0.25) is 0 Å². The SMILES string of the molecule is Cc1c(NC(=O)NCCc2ccc3c(n2)NCCC3)cccc1C(C)(F)F. The van der Waals surface area contributed by atoms with Gasteiger partial charge in [0.05, 0.1) is 0 Å². The monoisotopic (exact) mass is 374 g/mol. The van der Waals surface area contributed by atoms with Gasteiger partial charge in [0, 0.05) is 43.4 Å². The number of pyridine rings is 1. The minimum absolute atomic E-state index is 0.0916. The van der Waals surface area contributed by atoms with E-state index in [-0.39, 0.29) is 5.56 Å². The lowest BCUT2D eigenvalue weighted by Crippen LogP contribution is -2.31. The number of hydrogen-bond donors (Lipinski definition) is 3. The second-order valence-electron chi connectivity index (χ2n) is 6.84. The molecular formula is C20H24F2N4O. The number of benzene rings is 1. The largest absolute Gasteiger partial charge is 0.370 e. The van der Waals surface area contributed by atoms with Gasteiger partial charge in [-0.25, -0.2) is 18.6 Å². The van der Waals surface area contributed by atoms with Crippen LogP contribution in [-0.4, -0.2) is 24.1 Å². The van der Waals surface area contributed by atoms with Crippen molar-refractivity contribution in [2.75, 3.05) is 23.7 Å². The van der Waals surface area contributed by atoms with Gasteiger partial charge in [0.2, 0.25) is 0 Å². The maximum absolute atomic E-state index is 13.6. The number of carbonyl (C=O) groups excluding carboxylic acids is 1. The van der Waals surface area contributed by atoms with Gasteiger partial charge in [-0.15, -0.1) is 0 Å². The van der Waals surface area contributed by atoms with E-state index >= 15 is 0 Å². The van der Waals surface area contributed by atoms with Crippen molar-refractivity contribution in [2.45, 2.75) is 39.0 Å². The van der Waals surface area contributed by atoms with Crippen LogP contribution in [0.2, 0.25) is 0 Å². The number of anilines is 2. The number of nitrogens with one attached hydrogen (secondary N) is 3. The number of aryl methyl sites for hydroxylation is 1. The lowest BCUT2D eigenvalue weighted by Gasteiger charge is -2.18. The third-order valence-corrected chi connectivity index (χ3v) is 4.67. The average molecular weight is 374 g/mol. The number of halogens is 2. The van der Waals surface area contributed by atoms with Crippen molar-refractivity contribution in [3.05, 3.63) is 52.7 Å². The van der Waals surface area contributed by atoms with Crippen molar-refractivity contribution in [1.29, 1.82) is 0 Å². The lowest BCUT2D eigenvalue weighted by molar-refractivity contribution is 0.0169. The van der Waals surface area contributed by atoms with Crippen LogP contribution in [0.3, 0.4) is 0 Å². The molecule has 5 nitrogen and oxygen atoms in total. The zero-order valence-corrected chi connectivity index (χ0v) is 15.5. The zero-order valence-electron chi connectivity index (χ0n) is 15.5. The van der Waals surface area contributed by atoms with Gasteiger partial charge in [0.15, 0.2) is 0 Å². The predicted molar refractivity (Wildman–Crippen MR) is 103 cm³/mol. The number of aromatic nitrogens is 1. The van der Waals surface area contributed by atoms with Crippen molar-refractivity contribution in [1.82, 2.24) is 10.3 Å². The number of carbonyl (C=O) groups is 1. The van der Waals surface area contributed by atoms with Gasteiger partial charge < -0.3 is 16.0 Å². The van der Waals surface area contributed by atoms with Gasteiger partial charge in [0.25, 0.3) is 5.92 Å². The number of amides is 2. The normalized spacial score (nSPS) is 13.5. The van der Waals surface area contributed by atoms with E-state index in [4.69, 9.17) is 0 Å². The number of urea groups is 1. The molecule has 1 aromatic carbocycles. The van der Waals surface area contributed by atoms with E-state index in [9.17, 15) is 13.6 Å². The van der Waals surface area contributed by atoms with Crippen LogP contribution >= 0.6 is 0 Å². The van der Waals surface area contributed by atoms with E-state index in [1.165, 1.54) is 17.7 Å². The molecule has 0 spiro atoms. The number of nitrogens with zero attached hydrogens (tertiary/aromatic N) is 1. The molecule has 1 aliphatic heterocycles. The summed E-state index contributed by atoms with van der Waals surface area (Å²) in [6, 6.07) is 8.12. The van der Waals surface area contributed by atoms with Gasteiger partial charge in [-0.2, -0.15) is 0 Å². The summed E-state index contributed by atoms with van der Waals surface area (Å²) in [4.78, 5) is 16.7. The molecule has 1 aliphatic rings. The van der Waals surface area contributed by atoms with Crippen molar-refractivity contribution in [2.24, 2.45) is 0 Å². The summed E-state index contributed by atoms with van der Waals surface area (Å²) in [7, 11) is 0. The van der Waals surface area contributed by atoms with E-state index in [1.54, 1.807) is 13.0 Å². The van der Waals surface area contributed by atoms with Crippen LogP contribution in [0.15, 0.2) is 30.3 Å².